The molecule has 3 nitrogen and oxygen atoms in total. The molecule has 0 atom stereocenters. The first-order valence-corrected chi connectivity index (χ1v) is 4.87. The topological polar surface area (TPSA) is 51.8 Å². The molecule has 2 aromatic rings. The normalized spacial score (nSPS) is 9.56. The molecule has 2 rings (SSSR count). The third kappa shape index (κ3) is 3.30. The molecule has 1 heterocycles. The molecule has 0 aliphatic rings. The molecule has 16 heavy (non-hydrogen) atoms. The number of hydrogen-bond acceptors (Lipinski definition) is 3. The van der Waals surface area contributed by atoms with Gasteiger partial charge in [0.15, 0.2) is 0 Å². The standard InChI is InChI=1S/C12H13N3.Na.H/c1-9-8-14-12(13)15-11(9)7-10-5-3-2-4-6-10;;/h2-6,8H,7H2,1H3,(H2,13,14,15);;. The van der Waals surface area contributed by atoms with E-state index < -0.39 is 0 Å². The first-order valence-electron chi connectivity index (χ1n) is 4.87. The van der Waals surface area contributed by atoms with Gasteiger partial charge < -0.3 is 5.73 Å². The molecule has 1 aromatic heterocycles. The molecule has 4 heteroatoms. The zero-order chi connectivity index (χ0) is 10.7. The molecule has 0 aliphatic carbocycles. The second-order valence-electron chi connectivity index (χ2n) is 3.52. The average Bonchev–Trinajstić information content (AvgIpc) is 2.25. The van der Waals surface area contributed by atoms with Crippen molar-refractivity contribution < 1.29 is 0 Å². The first-order chi connectivity index (χ1) is 7.25. The summed E-state index contributed by atoms with van der Waals surface area (Å²) in [4.78, 5) is 8.18. The number of anilines is 1. The fourth-order valence-electron chi connectivity index (χ4n) is 1.46. The monoisotopic (exact) mass is 223 g/mol. The van der Waals surface area contributed by atoms with Crippen molar-refractivity contribution in [3.8, 4) is 0 Å². The minimum absolute atomic E-state index is 0. The van der Waals surface area contributed by atoms with Gasteiger partial charge >= 0.3 is 29.6 Å². The van der Waals surface area contributed by atoms with Gasteiger partial charge in [0, 0.05) is 12.6 Å². The van der Waals surface area contributed by atoms with Gasteiger partial charge in [-0.3, -0.25) is 0 Å². The second-order valence-corrected chi connectivity index (χ2v) is 3.52. The molecular formula is C12H14N3Na. The van der Waals surface area contributed by atoms with Gasteiger partial charge in [0.1, 0.15) is 0 Å². The Bertz CT molecular complexity index is 457. The molecule has 0 spiro atoms. The summed E-state index contributed by atoms with van der Waals surface area (Å²) in [6, 6.07) is 10.2. The number of aryl methyl sites for hydroxylation is 1. The molecular weight excluding hydrogens is 209 g/mol. The number of nitrogens with two attached hydrogens (primary N) is 1. The molecule has 0 aliphatic heterocycles. The van der Waals surface area contributed by atoms with E-state index in [2.05, 4.69) is 22.1 Å². The van der Waals surface area contributed by atoms with Gasteiger partial charge in [-0.15, -0.1) is 0 Å². The van der Waals surface area contributed by atoms with E-state index in [4.69, 9.17) is 5.73 Å². The second kappa shape index (κ2) is 5.99. The van der Waals surface area contributed by atoms with Crippen LogP contribution < -0.4 is 5.73 Å². The van der Waals surface area contributed by atoms with Crippen LogP contribution in [0.25, 0.3) is 0 Å². The number of aromatic nitrogens is 2. The number of nitrogens with zero attached hydrogens (tertiary/aromatic N) is 2. The van der Waals surface area contributed by atoms with Crippen LogP contribution in [0.15, 0.2) is 36.5 Å². The molecule has 0 fully saturated rings. The summed E-state index contributed by atoms with van der Waals surface area (Å²) >= 11 is 0. The van der Waals surface area contributed by atoms with Crippen LogP contribution in [-0.4, -0.2) is 39.5 Å². The van der Waals surface area contributed by atoms with Gasteiger partial charge in [0.25, 0.3) is 0 Å². The van der Waals surface area contributed by atoms with E-state index in [1.165, 1.54) is 5.56 Å². The first kappa shape index (κ1) is 13.2. The van der Waals surface area contributed by atoms with E-state index >= 15 is 0 Å². The van der Waals surface area contributed by atoms with Crippen LogP contribution in [0.2, 0.25) is 0 Å². The van der Waals surface area contributed by atoms with Crippen LogP contribution in [0, 0.1) is 6.92 Å². The van der Waals surface area contributed by atoms with Crippen molar-refractivity contribution in [3.05, 3.63) is 53.3 Å². The maximum atomic E-state index is 5.56. The molecule has 0 amide bonds. The average molecular weight is 223 g/mol. The number of nitrogen functional groups attached to an aromatic ring is 1. The number of rotatable bonds is 2. The molecule has 0 bridgehead atoms. The predicted octanol–water partition coefficient (Wildman–Crippen LogP) is 1.31. The van der Waals surface area contributed by atoms with E-state index in [0.29, 0.717) is 5.95 Å². The van der Waals surface area contributed by atoms with Crippen molar-refractivity contribution in [2.75, 3.05) is 5.73 Å². The fourth-order valence-corrected chi connectivity index (χ4v) is 1.46. The van der Waals surface area contributed by atoms with Crippen LogP contribution in [0.5, 0.6) is 0 Å². The van der Waals surface area contributed by atoms with Gasteiger partial charge in [-0.2, -0.15) is 0 Å². The zero-order valence-corrected chi connectivity index (χ0v) is 8.64. The molecule has 78 valence electrons. The molecule has 0 saturated heterocycles. The van der Waals surface area contributed by atoms with Gasteiger partial charge in [0.05, 0.1) is 5.69 Å². The van der Waals surface area contributed by atoms with E-state index in [1.807, 2.05) is 25.1 Å². The molecule has 0 radical (unpaired) electrons. The molecule has 0 saturated carbocycles. The maximum absolute atomic E-state index is 5.56. The Hall–Kier alpha value is -0.900. The molecule has 2 N–H and O–H groups in total. The van der Waals surface area contributed by atoms with Crippen LogP contribution in [0.4, 0.5) is 5.95 Å². The molecule has 0 unspecified atom stereocenters. The third-order valence-electron chi connectivity index (χ3n) is 2.31. The van der Waals surface area contributed by atoms with Crippen molar-refractivity contribution in [1.82, 2.24) is 9.97 Å². The van der Waals surface area contributed by atoms with E-state index in [9.17, 15) is 0 Å². The van der Waals surface area contributed by atoms with E-state index in [0.717, 1.165) is 17.7 Å². The van der Waals surface area contributed by atoms with Crippen LogP contribution in [0.3, 0.4) is 0 Å². The fraction of sp³-hybridized carbons (Fsp3) is 0.167. The van der Waals surface area contributed by atoms with Crippen LogP contribution in [0.1, 0.15) is 16.8 Å². The SMILES string of the molecule is Cc1cnc(N)nc1Cc1ccccc1.[NaH]. The summed E-state index contributed by atoms with van der Waals surface area (Å²) in [5.74, 6) is 0.339. The van der Waals surface area contributed by atoms with Crippen molar-refractivity contribution in [3.63, 3.8) is 0 Å². The van der Waals surface area contributed by atoms with Crippen LogP contribution in [-0.2, 0) is 6.42 Å². The number of hydrogen-bond donors (Lipinski definition) is 1. The van der Waals surface area contributed by atoms with Gasteiger partial charge in [0.2, 0.25) is 5.95 Å². The van der Waals surface area contributed by atoms with Gasteiger partial charge in [-0.1, -0.05) is 30.3 Å². The van der Waals surface area contributed by atoms with Crippen molar-refractivity contribution in [2.45, 2.75) is 13.3 Å². The van der Waals surface area contributed by atoms with Gasteiger partial charge in [-0.25, -0.2) is 9.97 Å². The quantitative estimate of drug-likeness (QED) is 0.781. The Balaban J connectivity index is 0.00000128. The van der Waals surface area contributed by atoms with E-state index in [1.54, 1.807) is 6.20 Å². The third-order valence-corrected chi connectivity index (χ3v) is 2.31. The summed E-state index contributed by atoms with van der Waals surface area (Å²) < 4.78 is 0. The summed E-state index contributed by atoms with van der Waals surface area (Å²) in [7, 11) is 0. The van der Waals surface area contributed by atoms with Crippen molar-refractivity contribution in [2.24, 2.45) is 0 Å². The zero-order valence-electron chi connectivity index (χ0n) is 8.64. The minimum atomic E-state index is 0. The predicted molar refractivity (Wildman–Crippen MR) is 67.6 cm³/mol. The van der Waals surface area contributed by atoms with E-state index in [-0.39, 0.29) is 29.6 Å². The van der Waals surface area contributed by atoms with Crippen molar-refractivity contribution in [1.29, 1.82) is 0 Å². The Kier molecular flexibility index (Phi) is 4.93. The summed E-state index contributed by atoms with van der Waals surface area (Å²) in [5, 5.41) is 0. The Morgan fingerprint density at radius 1 is 1.19 bits per heavy atom. The van der Waals surface area contributed by atoms with Crippen LogP contribution >= 0.6 is 0 Å². The Morgan fingerprint density at radius 3 is 2.56 bits per heavy atom. The molecule has 1 aromatic carbocycles. The summed E-state index contributed by atoms with van der Waals surface area (Å²) in [6.45, 7) is 2.00. The number of benzene rings is 1. The van der Waals surface area contributed by atoms with Crippen molar-refractivity contribution >= 4 is 35.5 Å². The van der Waals surface area contributed by atoms with Gasteiger partial charge in [-0.05, 0) is 18.1 Å². The Labute approximate surface area is 117 Å². The summed E-state index contributed by atoms with van der Waals surface area (Å²) in [5.41, 5.74) is 8.86. The Morgan fingerprint density at radius 2 is 1.88 bits per heavy atom. The summed E-state index contributed by atoms with van der Waals surface area (Å²) in [6.07, 6.45) is 2.57.